The van der Waals surface area contributed by atoms with E-state index in [1.54, 1.807) is 6.20 Å². The Labute approximate surface area is 162 Å². The molecule has 0 spiro atoms. The molecule has 0 radical (unpaired) electrons. The van der Waals surface area contributed by atoms with Gasteiger partial charge in [0.25, 0.3) is 5.88 Å². The minimum absolute atomic E-state index is 0.0938. The van der Waals surface area contributed by atoms with Crippen LogP contribution in [-0.2, 0) is 0 Å². The van der Waals surface area contributed by atoms with Crippen molar-refractivity contribution >= 4 is 34.0 Å². The molecular formula is C20H18ClN5O. The van der Waals surface area contributed by atoms with Gasteiger partial charge in [-0.05, 0) is 43.2 Å². The van der Waals surface area contributed by atoms with Gasteiger partial charge in [-0.2, -0.15) is 10.2 Å². The lowest BCUT2D eigenvalue weighted by Gasteiger charge is -2.22. The van der Waals surface area contributed by atoms with E-state index >= 15 is 0 Å². The second-order valence-corrected chi connectivity index (χ2v) is 6.96. The molecule has 1 saturated carbocycles. The van der Waals surface area contributed by atoms with E-state index in [-0.39, 0.29) is 17.7 Å². The van der Waals surface area contributed by atoms with Gasteiger partial charge in [-0.3, -0.25) is 0 Å². The summed E-state index contributed by atoms with van der Waals surface area (Å²) in [5.74, 6) is 1.37. The number of rotatable bonds is 4. The van der Waals surface area contributed by atoms with Crippen molar-refractivity contribution in [2.75, 3.05) is 5.32 Å². The van der Waals surface area contributed by atoms with Crippen molar-refractivity contribution in [3.63, 3.8) is 0 Å². The second-order valence-electron chi connectivity index (χ2n) is 6.55. The summed E-state index contributed by atoms with van der Waals surface area (Å²) < 4.78 is 5.97. The predicted octanol–water partition coefficient (Wildman–Crippen LogP) is 5.00. The van der Waals surface area contributed by atoms with Gasteiger partial charge in [-0.25, -0.2) is 9.97 Å². The van der Waals surface area contributed by atoms with Gasteiger partial charge in [0, 0.05) is 16.6 Å². The van der Waals surface area contributed by atoms with Crippen LogP contribution in [0.2, 0.25) is 5.02 Å². The first-order chi connectivity index (χ1) is 13.2. The molecule has 1 aliphatic carbocycles. The van der Waals surface area contributed by atoms with Crippen LogP contribution in [0.3, 0.4) is 0 Å². The third-order valence-electron chi connectivity index (χ3n) is 4.64. The number of anilines is 2. The minimum Gasteiger partial charge on any atom is -0.472 e. The van der Waals surface area contributed by atoms with Crippen LogP contribution in [0.1, 0.15) is 37.8 Å². The van der Waals surface area contributed by atoms with E-state index in [4.69, 9.17) is 16.3 Å². The normalized spacial score (nSPS) is 14.7. The van der Waals surface area contributed by atoms with Crippen molar-refractivity contribution in [3.8, 4) is 11.9 Å². The van der Waals surface area contributed by atoms with Crippen LogP contribution in [0.4, 0.5) is 11.6 Å². The van der Waals surface area contributed by atoms with Gasteiger partial charge in [0.1, 0.15) is 18.0 Å². The summed E-state index contributed by atoms with van der Waals surface area (Å²) in [5.41, 5.74) is 0.198. The van der Waals surface area contributed by atoms with Crippen LogP contribution in [0.5, 0.6) is 5.88 Å². The Morgan fingerprint density at radius 1 is 1.11 bits per heavy atom. The average Bonchev–Trinajstić information content (AvgIpc) is 2.69. The molecule has 1 aliphatic rings. The number of fused-ring (bicyclic) bond motifs is 1. The number of nitrogens with zero attached hydrogens (tertiary/aromatic N) is 4. The third kappa shape index (κ3) is 3.93. The van der Waals surface area contributed by atoms with Gasteiger partial charge in [-0.15, -0.1) is 0 Å². The fourth-order valence-electron chi connectivity index (χ4n) is 3.27. The van der Waals surface area contributed by atoms with E-state index in [0.717, 1.165) is 36.5 Å². The number of hydrogen-bond donors (Lipinski definition) is 1. The second kappa shape index (κ2) is 7.77. The number of aromatic nitrogens is 3. The Kier molecular flexibility index (Phi) is 5.03. The molecule has 1 fully saturated rings. The summed E-state index contributed by atoms with van der Waals surface area (Å²) in [7, 11) is 0. The molecule has 4 rings (SSSR count). The van der Waals surface area contributed by atoms with Crippen LogP contribution in [0.15, 0.2) is 36.7 Å². The number of ether oxygens (including phenoxy) is 1. The van der Waals surface area contributed by atoms with Crippen LogP contribution >= 0.6 is 11.6 Å². The van der Waals surface area contributed by atoms with E-state index < -0.39 is 0 Å². The molecule has 136 valence electrons. The van der Waals surface area contributed by atoms with Gasteiger partial charge < -0.3 is 10.1 Å². The average molecular weight is 380 g/mol. The third-order valence-corrected chi connectivity index (χ3v) is 4.97. The highest BCUT2D eigenvalue weighted by Gasteiger charge is 2.18. The zero-order chi connectivity index (χ0) is 18.6. The molecule has 0 atom stereocenters. The van der Waals surface area contributed by atoms with Crippen molar-refractivity contribution in [3.05, 3.63) is 47.4 Å². The van der Waals surface area contributed by atoms with E-state index in [1.165, 1.54) is 12.6 Å². The Balaban J connectivity index is 1.58. The maximum absolute atomic E-state index is 9.30. The highest BCUT2D eigenvalue weighted by Crippen LogP contribution is 2.27. The number of benzene rings is 1. The maximum Gasteiger partial charge on any atom is 0.253 e. The van der Waals surface area contributed by atoms with Crippen LogP contribution in [0, 0.1) is 11.3 Å². The van der Waals surface area contributed by atoms with Crippen molar-refractivity contribution in [2.24, 2.45) is 0 Å². The molecule has 6 nitrogen and oxygen atoms in total. The largest absolute Gasteiger partial charge is 0.472 e. The minimum atomic E-state index is 0.0938. The number of pyridine rings is 1. The molecule has 0 unspecified atom stereocenters. The first-order valence-corrected chi connectivity index (χ1v) is 9.36. The predicted molar refractivity (Wildman–Crippen MR) is 104 cm³/mol. The lowest BCUT2D eigenvalue weighted by Crippen LogP contribution is -2.21. The lowest BCUT2D eigenvalue weighted by atomic mass is 9.98. The van der Waals surface area contributed by atoms with Gasteiger partial charge in [0.05, 0.1) is 6.20 Å². The smallest absolute Gasteiger partial charge is 0.253 e. The van der Waals surface area contributed by atoms with E-state index in [1.807, 2.05) is 30.3 Å². The summed E-state index contributed by atoms with van der Waals surface area (Å²) in [4.78, 5) is 13.0. The first-order valence-electron chi connectivity index (χ1n) is 8.98. The van der Waals surface area contributed by atoms with Gasteiger partial charge in [0.15, 0.2) is 5.82 Å². The van der Waals surface area contributed by atoms with Gasteiger partial charge >= 0.3 is 0 Å². The Bertz CT molecular complexity index is 1010. The molecule has 0 bridgehead atoms. The summed E-state index contributed by atoms with van der Waals surface area (Å²) >= 11 is 6.19. The fourth-order valence-corrected chi connectivity index (χ4v) is 3.50. The molecule has 0 amide bonds. The number of hydrogen-bond acceptors (Lipinski definition) is 6. The summed E-state index contributed by atoms with van der Waals surface area (Å²) in [6.07, 6.45) is 8.80. The van der Waals surface area contributed by atoms with Gasteiger partial charge in [-0.1, -0.05) is 30.2 Å². The zero-order valence-electron chi connectivity index (χ0n) is 14.7. The number of nitriles is 1. The van der Waals surface area contributed by atoms with E-state index in [0.29, 0.717) is 16.7 Å². The summed E-state index contributed by atoms with van der Waals surface area (Å²) in [5, 5.41) is 14.9. The molecule has 1 N–H and O–H groups in total. The van der Waals surface area contributed by atoms with Crippen LogP contribution < -0.4 is 10.1 Å². The standard InChI is InChI=1S/C20H18ClN5O/c21-16-8-4-5-13-9-18(24-11-15(13)16)25-19-12-23-17(10-22)20(26-19)27-14-6-2-1-3-7-14/h4-5,8-9,11-12,14H,1-3,6-7H2,(H,24,25,26). The molecule has 0 saturated heterocycles. The lowest BCUT2D eigenvalue weighted by molar-refractivity contribution is 0.148. The quantitative estimate of drug-likeness (QED) is 0.686. The topological polar surface area (TPSA) is 83.7 Å². The zero-order valence-corrected chi connectivity index (χ0v) is 15.4. The molecule has 7 heteroatoms. The summed E-state index contributed by atoms with van der Waals surface area (Å²) in [6, 6.07) is 9.64. The number of nitrogens with one attached hydrogen (secondary N) is 1. The molecule has 1 aromatic carbocycles. The van der Waals surface area contributed by atoms with Gasteiger partial charge in [0.2, 0.25) is 5.69 Å². The Hall–Kier alpha value is -2.91. The molecule has 27 heavy (non-hydrogen) atoms. The SMILES string of the molecule is N#Cc1ncc(Nc2cc3cccc(Cl)c3cn2)nc1OC1CCCCC1. The maximum atomic E-state index is 9.30. The summed E-state index contributed by atoms with van der Waals surface area (Å²) in [6.45, 7) is 0. The molecule has 2 aromatic heterocycles. The van der Waals surface area contributed by atoms with Crippen molar-refractivity contribution in [1.29, 1.82) is 5.26 Å². The first kappa shape index (κ1) is 17.5. The van der Waals surface area contributed by atoms with E-state index in [2.05, 4.69) is 20.3 Å². The van der Waals surface area contributed by atoms with Crippen molar-refractivity contribution < 1.29 is 4.74 Å². The molecule has 0 aliphatic heterocycles. The number of halogens is 1. The van der Waals surface area contributed by atoms with Crippen molar-refractivity contribution in [2.45, 2.75) is 38.2 Å². The fraction of sp³-hybridized carbons (Fsp3) is 0.300. The Morgan fingerprint density at radius 3 is 2.78 bits per heavy atom. The van der Waals surface area contributed by atoms with E-state index in [9.17, 15) is 5.26 Å². The highest BCUT2D eigenvalue weighted by atomic mass is 35.5. The monoisotopic (exact) mass is 379 g/mol. The molecule has 3 aromatic rings. The van der Waals surface area contributed by atoms with Crippen molar-refractivity contribution in [1.82, 2.24) is 15.0 Å². The molecular weight excluding hydrogens is 362 g/mol. The van der Waals surface area contributed by atoms with Crippen LogP contribution in [-0.4, -0.2) is 21.1 Å². The molecule has 2 heterocycles. The van der Waals surface area contributed by atoms with Crippen LogP contribution in [0.25, 0.3) is 10.8 Å². The Morgan fingerprint density at radius 2 is 1.96 bits per heavy atom. The highest BCUT2D eigenvalue weighted by molar-refractivity contribution is 6.35.